The van der Waals surface area contributed by atoms with Gasteiger partial charge in [-0.1, -0.05) is 12.1 Å². The second-order valence-electron chi connectivity index (χ2n) is 3.13. The highest BCUT2D eigenvalue weighted by molar-refractivity contribution is 7.80. The molecule has 0 aliphatic heterocycles. The zero-order valence-electron chi connectivity index (χ0n) is 8.84. The predicted octanol–water partition coefficient (Wildman–Crippen LogP) is 0.184. The molecule has 0 saturated heterocycles. The van der Waals surface area contributed by atoms with Gasteiger partial charge in [-0.25, -0.2) is 10.9 Å². The zero-order chi connectivity index (χ0) is 12.1. The molecule has 4 N–H and O–H groups in total. The number of carbonyl (C=O) groups excluding carboxylic acids is 1. The molecular formula is C10H13N3O2S. The highest BCUT2D eigenvalue weighted by atomic mass is 32.1. The number of nitrogens with zero attached hydrogens (tertiary/aromatic N) is 1. The Morgan fingerprint density at radius 1 is 1.44 bits per heavy atom. The van der Waals surface area contributed by atoms with Gasteiger partial charge in [0, 0.05) is 0 Å². The molecule has 0 aromatic heterocycles. The number of thiocarbonyl (C=S) groups is 1. The van der Waals surface area contributed by atoms with Crippen molar-refractivity contribution >= 4 is 23.2 Å². The fraction of sp³-hybridized carbons (Fsp3) is 0.200. The molecule has 1 aromatic rings. The first-order valence-corrected chi connectivity index (χ1v) is 4.95. The summed E-state index contributed by atoms with van der Waals surface area (Å²) in [5.41, 5.74) is 6.04. The monoisotopic (exact) mass is 239 g/mol. The third kappa shape index (κ3) is 3.18. The fourth-order valence-electron chi connectivity index (χ4n) is 1.13. The predicted molar refractivity (Wildman–Crippen MR) is 64.5 cm³/mol. The van der Waals surface area contributed by atoms with Crippen molar-refractivity contribution in [2.45, 2.75) is 6.42 Å². The van der Waals surface area contributed by atoms with Crippen LogP contribution >= 0.6 is 12.2 Å². The van der Waals surface area contributed by atoms with Gasteiger partial charge in [-0.3, -0.25) is 4.79 Å². The van der Waals surface area contributed by atoms with Crippen LogP contribution in [0.25, 0.3) is 0 Å². The van der Waals surface area contributed by atoms with Gasteiger partial charge >= 0.3 is 0 Å². The summed E-state index contributed by atoms with van der Waals surface area (Å²) < 4.78 is 5.00. The second-order valence-corrected chi connectivity index (χ2v) is 3.55. The van der Waals surface area contributed by atoms with Crippen molar-refractivity contribution in [1.82, 2.24) is 5.01 Å². The van der Waals surface area contributed by atoms with E-state index in [2.05, 4.69) is 12.2 Å². The third-order valence-corrected chi connectivity index (χ3v) is 2.22. The van der Waals surface area contributed by atoms with E-state index in [0.29, 0.717) is 0 Å². The number of hydrogen-bond acceptors (Lipinski definition) is 4. The molecule has 6 heteroatoms. The molecule has 1 rings (SSSR count). The Morgan fingerprint density at radius 3 is 2.44 bits per heavy atom. The molecule has 0 fully saturated rings. The molecule has 0 aliphatic carbocycles. The lowest BCUT2D eigenvalue weighted by Gasteiger charge is -2.13. The number of ether oxygens (including phenoxy) is 1. The lowest BCUT2D eigenvalue weighted by Crippen LogP contribution is -2.46. The summed E-state index contributed by atoms with van der Waals surface area (Å²) in [6.45, 7) is 0. The van der Waals surface area contributed by atoms with Gasteiger partial charge in [0.1, 0.15) is 5.75 Å². The second kappa shape index (κ2) is 5.43. The van der Waals surface area contributed by atoms with Crippen LogP contribution in [0.1, 0.15) is 5.56 Å². The van der Waals surface area contributed by atoms with Crippen LogP contribution in [0.15, 0.2) is 24.3 Å². The number of benzene rings is 1. The van der Waals surface area contributed by atoms with Crippen molar-refractivity contribution in [2.75, 3.05) is 7.11 Å². The number of methoxy groups -OCH3 is 1. The summed E-state index contributed by atoms with van der Waals surface area (Å²) in [4.78, 5) is 11.5. The van der Waals surface area contributed by atoms with Gasteiger partial charge in [-0.15, -0.1) is 0 Å². The zero-order valence-corrected chi connectivity index (χ0v) is 9.66. The highest BCUT2D eigenvalue weighted by Gasteiger charge is 2.12. The molecule has 16 heavy (non-hydrogen) atoms. The lowest BCUT2D eigenvalue weighted by atomic mass is 10.1. The van der Waals surface area contributed by atoms with E-state index in [0.717, 1.165) is 16.3 Å². The minimum atomic E-state index is -0.349. The maximum absolute atomic E-state index is 11.5. The normalized spacial score (nSPS) is 9.62. The van der Waals surface area contributed by atoms with E-state index in [1.807, 2.05) is 0 Å². The van der Waals surface area contributed by atoms with E-state index in [1.165, 1.54) is 0 Å². The molecule has 1 aromatic carbocycles. The maximum Gasteiger partial charge on any atom is 0.247 e. The molecule has 0 bridgehead atoms. The average Bonchev–Trinajstić information content (AvgIpc) is 2.28. The molecule has 0 unspecified atom stereocenters. The first-order valence-electron chi connectivity index (χ1n) is 4.54. The van der Waals surface area contributed by atoms with Crippen LogP contribution in [0.2, 0.25) is 0 Å². The summed E-state index contributed by atoms with van der Waals surface area (Å²) in [6.07, 6.45) is 0.151. The number of hydrogen-bond donors (Lipinski definition) is 2. The standard InChI is InChI=1S/C10H13N3O2S/c1-15-8-4-2-7(3-5-8)6-9(14)13(12)10(11)16/h2-5H,6,12H2,1H3,(H2,11,16). The summed E-state index contributed by atoms with van der Waals surface area (Å²) >= 11 is 4.59. The molecule has 0 radical (unpaired) electrons. The first kappa shape index (κ1) is 12.4. The Balaban J connectivity index is 2.66. The van der Waals surface area contributed by atoms with E-state index in [1.54, 1.807) is 31.4 Å². The Hall–Kier alpha value is -1.66. The van der Waals surface area contributed by atoms with Crippen molar-refractivity contribution in [1.29, 1.82) is 0 Å². The Kier molecular flexibility index (Phi) is 4.21. The summed E-state index contributed by atoms with van der Waals surface area (Å²) in [7, 11) is 1.58. The van der Waals surface area contributed by atoms with Crippen molar-refractivity contribution in [3.05, 3.63) is 29.8 Å². The van der Waals surface area contributed by atoms with Gasteiger partial charge in [0.15, 0.2) is 5.11 Å². The topological polar surface area (TPSA) is 81.6 Å². The summed E-state index contributed by atoms with van der Waals surface area (Å²) in [6, 6.07) is 7.10. The number of nitrogens with two attached hydrogens (primary N) is 2. The minimum absolute atomic E-state index is 0.140. The quantitative estimate of drug-likeness (QED) is 0.340. The van der Waals surface area contributed by atoms with Gasteiger partial charge < -0.3 is 10.5 Å². The molecule has 1 amide bonds. The van der Waals surface area contributed by atoms with Gasteiger partial charge in [0.05, 0.1) is 13.5 Å². The van der Waals surface area contributed by atoms with Crippen molar-refractivity contribution in [3.8, 4) is 5.75 Å². The van der Waals surface area contributed by atoms with Crippen molar-refractivity contribution in [3.63, 3.8) is 0 Å². The number of amides is 1. The molecular weight excluding hydrogens is 226 g/mol. The average molecular weight is 239 g/mol. The molecule has 0 saturated carbocycles. The maximum atomic E-state index is 11.5. The largest absolute Gasteiger partial charge is 0.497 e. The minimum Gasteiger partial charge on any atom is -0.497 e. The van der Waals surface area contributed by atoms with E-state index in [9.17, 15) is 4.79 Å². The number of carbonyl (C=O) groups is 1. The van der Waals surface area contributed by atoms with Crippen molar-refractivity contribution in [2.24, 2.45) is 11.6 Å². The third-order valence-electron chi connectivity index (χ3n) is 2.02. The van der Waals surface area contributed by atoms with Crippen LogP contribution in [-0.4, -0.2) is 23.1 Å². The van der Waals surface area contributed by atoms with Crippen molar-refractivity contribution < 1.29 is 9.53 Å². The molecule has 0 spiro atoms. The van der Waals surface area contributed by atoms with Gasteiger partial charge in [0.25, 0.3) is 0 Å². The van der Waals surface area contributed by atoms with Crippen LogP contribution in [0.4, 0.5) is 0 Å². The molecule has 0 aliphatic rings. The Labute approximate surface area is 98.9 Å². The van der Waals surface area contributed by atoms with Gasteiger partial charge in [0.2, 0.25) is 5.91 Å². The summed E-state index contributed by atoms with van der Waals surface area (Å²) in [5.74, 6) is 5.74. The Morgan fingerprint density at radius 2 is 2.00 bits per heavy atom. The summed E-state index contributed by atoms with van der Waals surface area (Å²) in [5, 5.41) is 0.623. The van der Waals surface area contributed by atoms with E-state index < -0.39 is 0 Å². The Bertz CT molecular complexity index is 392. The van der Waals surface area contributed by atoms with Gasteiger partial charge in [-0.05, 0) is 29.9 Å². The SMILES string of the molecule is COc1ccc(CC(=O)N(N)C(N)=S)cc1. The van der Waals surface area contributed by atoms with Crippen LogP contribution in [-0.2, 0) is 11.2 Å². The van der Waals surface area contributed by atoms with Crippen LogP contribution < -0.4 is 16.3 Å². The number of hydrazine groups is 1. The lowest BCUT2D eigenvalue weighted by molar-refractivity contribution is -0.126. The molecule has 0 heterocycles. The molecule has 5 nitrogen and oxygen atoms in total. The van der Waals surface area contributed by atoms with Crippen LogP contribution in [0.3, 0.4) is 0 Å². The van der Waals surface area contributed by atoms with Gasteiger partial charge in [-0.2, -0.15) is 0 Å². The van der Waals surface area contributed by atoms with E-state index in [4.69, 9.17) is 16.3 Å². The molecule has 0 atom stereocenters. The van der Waals surface area contributed by atoms with Crippen LogP contribution in [0.5, 0.6) is 5.75 Å². The van der Waals surface area contributed by atoms with Crippen LogP contribution in [0, 0.1) is 0 Å². The van der Waals surface area contributed by atoms with E-state index in [-0.39, 0.29) is 17.4 Å². The highest BCUT2D eigenvalue weighted by Crippen LogP contribution is 2.11. The molecule has 86 valence electrons. The van der Waals surface area contributed by atoms with E-state index >= 15 is 0 Å². The first-order chi connectivity index (χ1) is 7.54. The number of rotatable bonds is 3. The smallest absolute Gasteiger partial charge is 0.247 e. The fourth-order valence-corrected chi connectivity index (χ4v) is 1.23.